The Labute approximate surface area is 112 Å². The van der Waals surface area contributed by atoms with Gasteiger partial charge < -0.3 is 4.74 Å². The molecule has 0 aliphatic carbocycles. The van der Waals surface area contributed by atoms with E-state index < -0.39 is 0 Å². The van der Waals surface area contributed by atoms with Crippen LogP contribution in [0.15, 0.2) is 28.9 Å². The zero-order chi connectivity index (χ0) is 13.2. The summed E-state index contributed by atoms with van der Waals surface area (Å²) in [5, 5.41) is 7.69. The molecule has 3 rings (SSSR count). The molecule has 5 heteroatoms. The van der Waals surface area contributed by atoms with Gasteiger partial charge in [0.15, 0.2) is 0 Å². The van der Waals surface area contributed by atoms with Gasteiger partial charge in [-0.3, -0.25) is 4.90 Å². The molecule has 1 aliphatic rings. The first-order chi connectivity index (χ1) is 9.22. The van der Waals surface area contributed by atoms with Crippen LogP contribution in [-0.4, -0.2) is 34.9 Å². The second-order valence-corrected chi connectivity index (χ2v) is 5.04. The van der Waals surface area contributed by atoms with Gasteiger partial charge in [-0.2, -0.15) is 0 Å². The summed E-state index contributed by atoms with van der Waals surface area (Å²) in [7, 11) is 2.06. The zero-order valence-corrected chi connectivity index (χ0v) is 11.2. The lowest BCUT2D eigenvalue weighted by Gasteiger charge is -2.19. The molecule has 0 amide bonds. The standard InChI is InChI=1S/C14H17N3O2/c1-10-13(16-19-15-10)9-17(2)8-12-7-11-5-3-4-6-14(11)18-12/h3-6,12H,7-9H2,1-2H3. The average molecular weight is 259 g/mol. The van der Waals surface area contributed by atoms with Crippen LogP contribution in [0.25, 0.3) is 0 Å². The van der Waals surface area contributed by atoms with E-state index in [0.29, 0.717) is 0 Å². The van der Waals surface area contributed by atoms with Gasteiger partial charge in [0.1, 0.15) is 23.2 Å². The van der Waals surface area contributed by atoms with Crippen molar-refractivity contribution in [1.82, 2.24) is 15.2 Å². The number of para-hydroxylation sites is 1. The normalized spacial score (nSPS) is 17.5. The maximum atomic E-state index is 5.93. The highest BCUT2D eigenvalue weighted by Gasteiger charge is 2.23. The first-order valence-electron chi connectivity index (χ1n) is 6.43. The third-order valence-corrected chi connectivity index (χ3v) is 3.40. The number of aryl methyl sites for hydroxylation is 1. The molecule has 0 saturated heterocycles. The summed E-state index contributed by atoms with van der Waals surface area (Å²) in [5.74, 6) is 1.01. The van der Waals surface area contributed by atoms with Gasteiger partial charge in [-0.15, -0.1) is 0 Å². The molecule has 1 unspecified atom stereocenters. The highest BCUT2D eigenvalue weighted by atomic mass is 16.6. The van der Waals surface area contributed by atoms with Crippen molar-refractivity contribution < 1.29 is 9.37 Å². The van der Waals surface area contributed by atoms with Crippen LogP contribution >= 0.6 is 0 Å². The summed E-state index contributed by atoms with van der Waals surface area (Å²) < 4.78 is 10.6. The van der Waals surface area contributed by atoms with Gasteiger partial charge >= 0.3 is 0 Å². The lowest BCUT2D eigenvalue weighted by molar-refractivity contribution is 0.162. The first-order valence-corrected chi connectivity index (χ1v) is 6.43. The molecule has 1 atom stereocenters. The van der Waals surface area contributed by atoms with Gasteiger partial charge in [0.2, 0.25) is 0 Å². The molecule has 2 aromatic rings. The van der Waals surface area contributed by atoms with Crippen molar-refractivity contribution in [3.8, 4) is 5.75 Å². The van der Waals surface area contributed by atoms with Gasteiger partial charge in [0, 0.05) is 19.5 Å². The Bertz CT molecular complexity index is 542. The molecule has 0 radical (unpaired) electrons. The third kappa shape index (κ3) is 2.61. The van der Waals surface area contributed by atoms with Crippen LogP contribution in [0.5, 0.6) is 5.75 Å². The fourth-order valence-corrected chi connectivity index (χ4v) is 2.42. The Morgan fingerprint density at radius 3 is 2.89 bits per heavy atom. The van der Waals surface area contributed by atoms with Crippen molar-refractivity contribution in [2.75, 3.05) is 13.6 Å². The van der Waals surface area contributed by atoms with Gasteiger partial charge in [-0.1, -0.05) is 28.5 Å². The smallest absolute Gasteiger partial charge is 0.123 e. The SMILES string of the molecule is Cc1nonc1CN(C)CC1Cc2ccccc2O1. The van der Waals surface area contributed by atoms with Crippen LogP contribution < -0.4 is 4.74 Å². The number of nitrogens with zero attached hydrogens (tertiary/aromatic N) is 3. The zero-order valence-electron chi connectivity index (χ0n) is 11.2. The van der Waals surface area contributed by atoms with Gasteiger partial charge in [0.25, 0.3) is 0 Å². The maximum absolute atomic E-state index is 5.93. The molecule has 0 spiro atoms. The molecule has 2 heterocycles. The lowest BCUT2D eigenvalue weighted by atomic mass is 10.1. The molecule has 100 valence electrons. The second-order valence-electron chi connectivity index (χ2n) is 5.04. The van der Waals surface area contributed by atoms with Crippen molar-refractivity contribution in [3.63, 3.8) is 0 Å². The lowest BCUT2D eigenvalue weighted by Crippen LogP contribution is -2.31. The second kappa shape index (κ2) is 5.01. The van der Waals surface area contributed by atoms with Crippen molar-refractivity contribution in [2.45, 2.75) is 26.0 Å². The molecule has 19 heavy (non-hydrogen) atoms. The minimum atomic E-state index is 0.211. The van der Waals surface area contributed by atoms with E-state index in [1.54, 1.807) is 0 Å². The number of aromatic nitrogens is 2. The summed E-state index contributed by atoms with van der Waals surface area (Å²) in [6.45, 7) is 3.49. The molecule has 0 saturated carbocycles. The number of hydrogen-bond donors (Lipinski definition) is 0. The number of ether oxygens (including phenoxy) is 1. The highest BCUT2D eigenvalue weighted by molar-refractivity contribution is 5.37. The van der Waals surface area contributed by atoms with Crippen LogP contribution in [0.2, 0.25) is 0 Å². The molecule has 5 nitrogen and oxygen atoms in total. The van der Waals surface area contributed by atoms with Crippen molar-refractivity contribution >= 4 is 0 Å². The predicted molar refractivity (Wildman–Crippen MR) is 69.9 cm³/mol. The molecule has 1 aliphatic heterocycles. The summed E-state index contributed by atoms with van der Waals surface area (Å²) in [4.78, 5) is 2.18. The quantitative estimate of drug-likeness (QED) is 0.838. The molecule has 0 N–H and O–H groups in total. The average Bonchev–Trinajstić information content (AvgIpc) is 2.95. The van der Waals surface area contributed by atoms with E-state index >= 15 is 0 Å². The topological polar surface area (TPSA) is 51.4 Å². The first kappa shape index (κ1) is 12.2. The van der Waals surface area contributed by atoms with E-state index in [4.69, 9.17) is 9.37 Å². The Kier molecular flexibility index (Phi) is 3.21. The Balaban J connectivity index is 1.57. The molecular formula is C14H17N3O2. The van der Waals surface area contributed by atoms with Gasteiger partial charge in [-0.25, -0.2) is 4.63 Å². The number of likely N-dealkylation sites (N-methyl/N-ethyl adjacent to an activating group) is 1. The van der Waals surface area contributed by atoms with E-state index in [0.717, 1.165) is 36.6 Å². The van der Waals surface area contributed by atoms with E-state index in [2.05, 4.69) is 34.4 Å². The van der Waals surface area contributed by atoms with Crippen molar-refractivity contribution in [3.05, 3.63) is 41.2 Å². The maximum Gasteiger partial charge on any atom is 0.123 e. The Hall–Kier alpha value is -1.88. The fourth-order valence-electron chi connectivity index (χ4n) is 2.42. The number of rotatable bonds is 4. The summed E-state index contributed by atoms with van der Waals surface area (Å²) in [5.41, 5.74) is 3.03. The van der Waals surface area contributed by atoms with Gasteiger partial charge in [0.05, 0.1) is 0 Å². The highest BCUT2D eigenvalue weighted by Crippen LogP contribution is 2.28. The van der Waals surface area contributed by atoms with Crippen LogP contribution in [-0.2, 0) is 13.0 Å². The van der Waals surface area contributed by atoms with E-state index in [1.165, 1.54) is 5.56 Å². The number of fused-ring (bicyclic) bond motifs is 1. The molecule has 0 fully saturated rings. The predicted octanol–water partition coefficient (Wildman–Crippen LogP) is 1.81. The summed E-state index contributed by atoms with van der Waals surface area (Å²) in [6, 6.07) is 8.22. The number of benzene rings is 1. The van der Waals surface area contributed by atoms with Crippen LogP contribution in [0.3, 0.4) is 0 Å². The monoisotopic (exact) mass is 259 g/mol. The van der Waals surface area contributed by atoms with Crippen LogP contribution in [0.4, 0.5) is 0 Å². The Morgan fingerprint density at radius 2 is 2.16 bits per heavy atom. The van der Waals surface area contributed by atoms with Crippen molar-refractivity contribution in [2.24, 2.45) is 0 Å². The van der Waals surface area contributed by atoms with Crippen molar-refractivity contribution in [1.29, 1.82) is 0 Å². The number of hydrogen-bond acceptors (Lipinski definition) is 5. The summed E-state index contributed by atoms with van der Waals surface area (Å²) >= 11 is 0. The molecular weight excluding hydrogens is 242 g/mol. The van der Waals surface area contributed by atoms with E-state index in [1.807, 2.05) is 19.1 Å². The van der Waals surface area contributed by atoms with E-state index in [-0.39, 0.29) is 6.10 Å². The Morgan fingerprint density at radius 1 is 1.32 bits per heavy atom. The minimum absolute atomic E-state index is 0.211. The largest absolute Gasteiger partial charge is 0.488 e. The fraction of sp³-hybridized carbons (Fsp3) is 0.429. The third-order valence-electron chi connectivity index (χ3n) is 3.40. The molecule has 1 aromatic heterocycles. The van der Waals surface area contributed by atoms with Gasteiger partial charge in [-0.05, 0) is 25.6 Å². The molecule has 1 aromatic carbocycles. The molecule has 0 bridgehead atoms. The van der Waals surface area contributed by atoms with E-state index in [9.17, 15) is 0 Å². The van der Waals surface area contributed by atoms with Crippen LogP contribution in [0, 0.1) is 6.92 Å². The minimum Gasteiger partial charge on any atom is -0.488 e. The van der Waals surface area contributed by atoms with Crippen LogP contribution in [0.1, 0.15) is 17.0 Å². The summed E-state index contributed by atoms with van der Waals surface area (Å²) in [6.07, 6.45) is 1.18.